The highest BCUT2D eigenvalue weighted by atomic mass is 32.2. The predicted molar refractivity (Wildman–Crippen MR) is 74.0 cm³/mol. The van der Waals surface area contributed by atoms with E-state index in [1.54, 1.807) is 6.92 Å². The average molecular weight is 326 g/mol. The van der Waals surface area contributed by atoms with Crippen LogP contribution in [0.3, 0.4) is 0 Å². The van der Waals surface area contributed by atoms with Gasteiger partial charge < -0.3 is 14.7 Å². The molecule has 1 N–H and O–H groups in total. The van der Waals surface area contributed by atoms with Gasteiger partial charge in [-0.2, -0.15) is 0 Å². The topological polar surface area (TPSA) is 115 Å². The van der Waals surface area contributed by atoms with Crippen LogP contribution in [0, 0.1) is 0 Å². The first-order chi connectivity index (χ1) is 10.4. The first kappa shape index (κ1) is 14.8. The molecule has 2 saturated heterocycles. The number of fused-ring (bicyclic) bond motifs is 1. The van der Waals surface area contributed by atoms with E-state index < -0.39 is 22.7 Å². The monoisotopic (exact) mass is 326 g/mol. The van der Waals surface area contributed by atoms with Crippen molar-refractivity contribution in [3.63, 3.8) is 0 Å². The molecule has 3 rings (SSSR count). The lowest BCUT2D eigenvalue weighted by Gasteiger charge is -2.36. The Morgan fingerprint density at radius 1 is 1.59 bits per heavy atom. The number of hydrogen-bond acceptors (Lipinski definition) is 7. The second-order valence-electron chi connectivity index (χ2n) is 5.40. The molecule has 10 heteroatoms. The third kappa shape index (κ3) is 2.05. The molecule has 3 heterocycles. The number of carboxylic acid groups (broad SMARTS) is 1. The Balaban J connectivity index is 1.90. The van der Waals surface area contributed by atoms with Crippen LogP contribution in [0.1, 0.15) is 23.8 Å². The quantitative estimate of drug-likeness (QED) is 0.586. The van der Waals surface area contributed by atoms with Gasteiger partial charge in [-0.15, -0.1) is 16.9 Å². The van der Waals surface area contributed by atoms with Crippen LogP contribution in [0.5, 0.6) is 0 Å². The van der Waals surface area contributed by atoms with Crippen LogP contribution in [0.2, 0.25) is 0 Å². The SMILES string of the molecule is COC(=O)c1cnnn1CC1(C)SC2CC(=O)N2C1C(=O)O. The van der Waals surface area contributed by atoms with Gasteiger partial charge in [0.25, 0.3) is 0 Å². The third-order valence-corrected chi connectivity index (χ3v) is 5.48. The number of carbonyl (C=O) groups is 3. The van der Waals surface area contributed by atoms with E-state index >= 15 is 0 Å². The van der Waals surface area contributed by atoms with Gasteiger partial charge in [0.1, 0.15) is 6.04 Å². The summed E-state index contributed by atoms with van der Waals surface area (Å²) in [6.45, 7) is 1.89. The van der Waals surface area contributed by atoms with Gasteiger partial charge in [0.2, 0.25) is 5.91 Å². The fourth-order valence-corrected chi connectivity index (χ4v) is 4.66. The van der Waals surface area contributed by atoms with Gasteiger partial charge in [0.05, 0.1) is 36.4 Å². The molecule has 2 fully saturated rings. The van der Waals surface area contributed by atoms with Crippen LogP contribution >= 0.6 is 11.8 Å². The molecule has 9 nitrogen and oxygen atoms in total. The van der Waals surface area contributed by atoms with Crippen molar-refractivity contribution in [1.82, 2.24) is 19.9 Å². The van der Waals surface area contributed by atoms with E-state index in [1.807, 2.05) is 0 Å². The molecule has 1 aromatic rings. The summed E-state index contributed by atoms with van der Waals surface area (Å²) >= 11 is 1.41. The molecular formula is C12H14N4O5S. The molecule has 1 aromatic heterocycles. The van der Waals surface area contributed by atoms with Gasteiger partial charge >= 0.3 is 11.9 Å². The Kier molecular flexibility index (Phi) is 3.35. The van der Waals surface area contributed by atoms with Crippen LogP contribution in [0.15, 0.2) is 6.20 Å². The van der Waals surface area contributed by atoms with E-state index in [1.165, 1.54) is 34.7 Å². The van der Waals surface area contributed by atoms with Gasteiger partial charge in [0.15, 0.2) is 5.69 Å². The summed E-state index contributed by atoms with van der Waals surface area (Å²) in [4.78, 5) is 36.4. The third-order valence-electron chi connectivity index (χ3n) is 3.92. The molecule has 1 amide bonds. The molecular weight excluding hydrogens is 312 g/mol. The Bertz CT molecular complexity index is 662. The molecule has 3 atom stereocenters. The molecule has 0 bridgehead atoms. The fraction of sp³-hybridized carbons (Fsp3) is 0.583. The van der Waals surface area contributed by atoms with Crippen molar-refractivity contribution in [3.05, 3.63) is 11.9 Å². The van der Waals surface area contributed by atoms with Gasteiger partial charge in [-0.1, -0.05) is 5.21 Å². The molecule has 118 valence electrons. The van der Waals surface area contributed by atoms with Crippen LogP contribution in [0.4, 0.5) is 0 Å². The summed E-state index contributed by atoms with van der Waals surface area (Å²) in [7, 11) is 1.25. The Morgan fingerprint density at radius 2 is 2.32 bits per heavy atom. The molecule has 0 aromatic carbocycles. The highest BCUT2D eigenvalue weighted by Crippen LogP contribution is 2.51. The van der Waals surface area contributed by atoms with E-state index in [2.05, 4.69) is 15.0 Å². The number of ether oxygens (including phenoxy) is 1. The molecule has 0 saturated carbocycles. The first-order valence-corrected chi connectivity index (χ1v) is 7.44. The lowest BCUT2D eigenvalue weighted by atomic mass is 9.96. The molecule has 0 aliphatic carbocycles. The number of thioether (sulfide) groups is 1. The summed E-state index contributed by atoms with van der Waals surface area (Å²) in [5.41, 5.74) is 0.147. The lowest BCUT2D eigenvalue weighted by Crippen LogP contribution is -2.58. The summed E-state index contributed by atoms with van der Waals surface area (Å²) in [6, 6.07) is -0.960. The number of hydrogen-bond donors (Lipinski definition) is 1. The number of β-lactam (4-membered cyclic amide) rings is 1. The van der Waals surface area contributed by atoms with Crippen molar-refractivity contribution in [2.24, 2.45) is 0 Å². The second kappa shape index (κ2) is 4.97. The number of nitrogens with zero attached hydrogens (tertiary/aromatic N) is 4. The van der Waals surface area contributed by atoms with E-state index in [0.717, 1.165) is 0 Å². The first-order valence-electron chi connectivity index (χ1n) is 6.56. The number of aromatic nitrogens is 3. The second-order valence-corrected chi connectivity index (χ2v) is 7.11. The summed E-state index contributed by atoms with van der Waals surface area (Å²) < 4.78 is 5.17. The van der Waals surface area contributed by atoms with Crippen LogP contribution < -0.4 is 0 Å². The Morgan fingerprint density at radius 3 is 2.91 bits per heavy atom. The molecule has 2 aliphatic heterocycles. The number of aliphatic carboxylic acids is 1. The van der Waals surface area contributed by atoms with Gasteiger partial charge in [0, 0.05) is 0 Å². The molecule has 0 radical (unpaired) electrons. The van der Waals surface area contributed by atoms with Crippen molar-refractivity contribution in [2.45, 2.75) is 36.1 Å². The average Bonchev–Trinajstić information content (AvgIpc) is 2.98. The highest BCUT2D eigenvalue weighted by Gasteiger charge is 2.61. The Labute approximate surface area is 129 Å². The van der Waals surface area contributed by atoms with Crippen LogP contribution in [0.25, 0.3) is 0 Å². The number of carbonyl (C=O) groups excluding carboxylic acids is 2. The van der Waals surface area contributed by atoms with Crippen LogP contribution in [-0.2, 0) is 20.9 Å². The summed E-state index contributed by atoms with van der Waals surface area (Å²) in [5.74, 6) is -1.83. The fourth-order valence-electron chi connectivity index (χ4n) is 2.92. The van der Waals surface area contributed by atoms with Gasteiger partial charge in [-0.25, -0.2) is 14.3 Å². The Hall–Kier alpha value is -2.10. The van der Waals surface area contributed by atoms with E-state index in [9.17, 15) is 19.5 Å². The van der Waals surface area contributed by atoms with Crippen LogP contribution in [-0.4, -0.2) is 66.1 Å². The number of esters is 1. The van der Waals surface area contributed by atoms with Crippen molar-refractivity contribution >= 4 is 29.6 Å². The zero-order valence-corrected chi connectivity index (χ0v) is 12.7. The molecule has 3 unspecified atom stereocenters. The maximum absolute atomic E-state index is 11.7. The predicted octanol–water partition coefficient (Wildman–Crippen LogP) is -0.418. The zero-order chi connectivity index (χ0) is 16.1. The largest absolute Gasteiger partial charge is 0.480 e. The maximum Gasteiger partial charge on any atom is 0.358 e. The number of rotatable bonds is 4. The normalized spacial score (nSPS) is 29.9. The van der Waals surface area contributed by atoms with E-state index in [-0.39, 0.29) is 23.5 Å². The minimum atomic E-state index is -1.06. The summed E-state index contributed by atoms with van der Waals surface area (Å²) in [5, 5.41) is 16.9. The van der Waals surface area contributed by atoms with Crippen molar-refractivity contribution in [3.8, 4) is 0 Å². The minimum absolute atomic E-state index is 0.135. The van der Waals surface area contributed by atoms with Gasteiger partial charge in [-0.05, 0) is 6.92 Å². The smallest absolute Gasteiger partial charge is 0.358 e. The maximum atomic E-state index is 11.7. The highest BCUT2D eigenvalue weighted by molar-refractivity contribution is 8.01. The zero-order valence-electron chi connectivity index (χ0n) is 11.9. The van der Waals surface area contributed by atoms with Gasteiger partial charge in [-0.3, -0.25) is 4.79 Å². The van der Waals surface area contributed by atoms with Crippen molar-refractivity contribution in [1.29, 1.82) is 0 Å². The molecule has 2 aliphatic rings. The number of amides is 1. The number of methoxy groups -OCH3 is 1. The minimum Gasteiger partial charge on any atom is -0.480 e. The van der Waals surface area contributed by atoms with E-state index in [0.29, 0.717) is 6.42 Å². The van der Waals surface area contributed by atoms with Crippen molar-refractivity contribution in [2.75, 3.05) is 7.11 Å². The standard InChI is InChI=1S/C12H14N4O5S/c1-12(5-15-6(4-13-14-15)11(20)21-2)9(10(18)19)16-7(17)3-8(16)22-12/h4,8-9H,3,5H2,1-2H3,(H,18,19). The summed E-state index contributed by atoms with van der Waals surface area (Å²) in [6.07, 6.45) is 1.61. The van der Waals surface area contributed by atoms with Crippen molar-refractivity contribution < 1.29 is 24.2 Å². The number of carboxylic acids is 1. The molecule has 22 heavy (non-hydrogen) atoms. The molecule has 0 spiro atoms. The lowest BCUT2D eigenvalue weighted by molar-refractivity contribution is -0.157. The van der Waals surface area contributed by atoms with E-state index in [4.69, 9.17) is 0 Å².